The lowest BCUT2D eigenvalue weighted by molar-refractivity contribution is -0.268. The molecule has 0 amide bonds. The number of ether oxygens (including phenoxy) is 1. The predicted octanol–water partition coefficient (Wildman–Crippen LogP) is 2.49. The Hall–Kier alpha value is -0.160. The molecule has 3 aliphatic rings. The maximum absolute atomic E-state index is 10.6. The van der Waals surface area contributed by atoms with Gasteiger partial charge in [-0.15, -0.1) is 0 Å². The number of hydrogen-bond acceptors (Lipinski definition) is 4. The summed E-state index contributed by atoms with van der Waals surface area (Å²) >= 11 is 0. The molecule has 0 aromatic rings. The molecule has 1 aliphatic heterocycles. The lowest BCUT2D eigenvalue weighted by atomic mass is 9.43. The molecule has 3 fully saturated rings. The number of fused-ring (bicyclic) bond motifs is 2. The fourth-order valence-corrected chi connectivity index (χ4v) is 6.34. The Balaban J connectivity index is 2.04. The molecular weight excluding hydrogens is 292 g/mol. The largest absolute Gasteiger partial charge is 0.396 e. The molecule has 0 bridgehead atoms. The van der Waals surface area contributed by atoms with Crippen LogP contribution in [0.3, 0.4) is 0 Å². The van der Waals surface area contributed by atoms with Gasteiger partial charge in [-0.3, -0.25) is 0 Å². The Labute approximate surface area is 140 Å². The second-order valence-corrected chi connectivity index (χ2v) is 9.27. The van der Waals surface area contributed by atoms with E-state index in [0.29, 0.717) is 5.92 Å². The summed E-state index contributed by atoms with van der Waals surface area (Å²) in [4.78, 5) is 0. The van der Waals surface area contributed by atoms with Gasteiger partial charge in [-0.2, -0.15) is 0 Å². The van der Waals surface area contributed by atoms with Crippen molar-refractivity contribution in [1.82, 2.24) is 0 Å². The minimum atomic E-state index is -0.457. The summed E-state index contributed by atoms with van der Waals surface area (Å²) < 4.78 is 6.67. The highest BCUT2D eigenvalue weighted by molar-refractivity contribution is 5.17. The Bertz CT molecular complexity index is 468. The quantitative estimate of drug-likeness (QED) is 0.729. The van der Waals surface area contributed by atoms with Crippen LogP contribution < -0.4 is 0 Å². The predicted molar refractivity (Wildman–Crippen MR) is 89.0 cm³/mol. The summed E-state index contributed by atoms with van der Waals surface area (Å²) in [6.45, 7) is 8.74. The van der Waals surface area contributed by atoms with Crippen molar-refractivity contribution >= 4 is 0 Å². The molecule has 7 atom stereocenters. The van der Waals surface area contributed by atoms with Crippen molar-refractivity contribution < 1.29 is 20.1 Å². The van der Waals surface area contributed by atoms with Gasteiger partial charge in [0.05, 0.1) is 30.5 Å². The first-order valence-corrected chi connectivity index (χ1v) is 9.27. The molecule has 1 unspecified atom stereocenters. The second-order valence-electron chi connectivity index (χ2n) is 9.27. The second kappa shape index (κ2) is 5.42. The van der Waals surface area contributed by atoms with Crippen LogP contribution in [0.25, 0.3) is 0 Å². The van der Waals surface area contributed by atoms with Crippen LogP contribution in [0.15, 0.2) is 0 Å². The molecule has 2 saturated carbocycles. The lowest BCUT2D eigenvalue weighted by Crippen LogP contribution is -2.66. The number of aliphatic hydroxyl groups excluding tert-OH is 3. The molecular formula is C19H34O4. The van der Waals surface area contributed by atoms with Gasteiger partial charge in [-0.05, 0) is 57.3 Å². The van der Waals surface area contributed by atoms with Crippen LogP contribution >= 0.6 is 0 Å². The SMILES string of the molecule is C[C@@H]1CCC2[C@](C)(CO)[C@@H](O)CC[C@]2(C)[C@@]12CC[C@](C)(CO)O2. The highest BCUT2D eigenvalue weighted by atomic mass is 16.5. The van der Waals surface area contributed by atoms with Gasteiger partial charge in [-0.25, -0.2) is 0 Å². The summed E-state index contributed by atoms with van der Waals surface area (Å²) in [7, 11) is 0. The van der Waals surface area contributed by atoms with Crippen LogP contribution in [0.2, 0.25) is 0 Å². The van der Waals surface area contributed by atoms with Crippen molar-refractivity contribution in [2.24, 2.45) is 22.7 Å². The fraction of sp³-hybridized carbons (Fsp3) is 1.00. The van der Waals surface area contributed by atoms with Crippen LogP contribution in [0.5, 0.6) is 0 Å². The first-order chi connectivity index (χ1) is 10.7. The van der Waals surface area contributed by atoms with Crippen molar-refractivity contribution in [3.63, 3.8) is 0 Å². The number of rotatable bonds is 2. The van der Waals surface area contributed by atoms with Crippen LogP contribution in [-0.2, 0) is 4.74 Å². The van der Waals surface area contributed by atoms with E-state index in [4.69, 9.17) is 4.74 Å². The maximum atomic E-state index is 10.6. The summed E-state index contributed by atoms with van der Waals surface area (Å²) in [5, 5.41) is 30.5. The average molecular weight is 326 g/mol. The van der Waals surface area contributed by atoms with Crippen LogP contribution in [0.1, 0.15) is 66.2 Å². The highest BCUT2D eigenvalue weighted by Crippen LogP contribution is 2.67. The fourth-order valence-electron chi connectivity index (χ4n) is 6.34. The standard InChI is InChI=1S/C19H34O4/c1-13-5-6-14-17(3,12-21)15(22)7-8-18(14,4)19(13)10-9-16(2,11-20)23-19/h13-15,20-22H,5-12H2,1-4H3/t13-,14?,15+,16-,17+,18+,19-/m1/s1. The Morgan fingerprint density at radius 2 is 1.65 bits per heavy atom. The highest BCUT2D eigenvalue weighted by Gasteiger charge is 2.68. The van der Waals surface area contributed by atoms with E-state index in [9.17, 15) is 15.3 Å². The molecule has 0 radical (unpaired) electrons. The van der Waals surface area contributed by atoms with Crippen LogP contribution in [0, 0.1) is 22.7 Å². The van der Waals surface area contributed by atoms with Gasteiger partial charge >= 0.3 is 0 Å². The zero-order valence-corrected chi connectivity index (χ0v) is 15.1. The zero-order chi connectivity index (χ0) is 17.1. The minimum absolute atomic E-state index is 0.0240. The van der Waals surface area contributed by atoms with Crippen molar-refractivity contribution in [2.45, 2.75) is 83.5 Å². The van der Waals surface area contributed by atoms with Gasteiger partial charge in [0.25, 0.3) is 0 Å². The monoisotopic (exact) mass is 326 g/mol. The van der Waals surface area contributed by atoms with Gasteiger partial charge in [0, 0.05) is 10.8 Å². The molecule has 3 N–H and O–H groups in total. The molecule has 4 heteroatoms. The smallest absolute Gasteiger partial charge is 0.0893 e. The maximum Gasteiger partial charge on any atom is 0.0893 e. The van der Waals surface area contributed by atoms with E-state index in [-0.39, 0.29) is 30.1 Å². The molecule has 1 spiro atoms. The molecule has 0 aromatic carbocycles. The molecule has 0 aromatic heterocycles. The van der Waals surface area contributed by atoms with Crippen LogP contribution in [-0.4, -0.2) is 45.8 Å². The van der Waals surface area contributed by atoms with Crippen molar-refractivity contribution in [3.05, 3.63) is 0 Å². The topological polar surface area (TPSA) is 69.9 Å². The third-order valence-electron chi connectivity index (χ3n) is 8.04. The van der Waals surface area contributed by atoms with Gasteiger partial charge in [0.2, 0.25) is 0 Å². The van der Waals surface area contributed by atoms with Crippen molar-refractivity contribution in [2.75, 3.05) is 13.2 Å². The van der Waals surface area contributed by atoms with E-state index < -0.39 is 17.1 Å². The van der Waals surface area contributed by atoms with Gasteiger partial charge in [-0.1, -0.05) is 20.8 Å². The van der Waals surface area contributed by atoms with E-state index in [1.807, 2.05) is 13.8 Å². The molecule has 23 heavy (non-hydrogen) atoms. The van der Waals surface area contributed by atoms with E-state index in [1.54, 1.807) is 0 Å². The first-order valence-electron chi connectivity index (χ1n) is 9.27. The average Bonchev–Trinajstić information content (AvgIpc) is 2.90. The number of aliphatic hydroxyl groups is 3. The summed E-state index contributed by atoms with van der Waals surface area (Å²) in [5.74, 6) is 0.691. The van der Waals surface area contributed by atoms with Crippen molar-refractivity contribution in [3.8, 4) is 0 Å². The molecule has 134 valence electrons. The zero-order valence-electron chi connectivity index (χ0n) is 15.1. The Morgan fingerprint density at radius 1 is 0.957 bits per heavy atom. The Kier molecular flexibility index (Phi) is 4.16. The lowest BCUT2D eigenvalue weighted by Gasteiger charge is -2.65. The molecule has 3 rings (SSSR count). The van der Waals surface area contributed by atoms with Gasteiger partial charge < -0.3 is 20.1 Å². The first kappa shape index (κ1) is 17.7. The van der Waals surface area contributed by atoms with Gasteiger partial charge in [0.1, 0.15) is 0 Å². The summed E-state index contributed by atoms with van der Waals surface area (Å²) in [6.07, 6.45) is 5.15. The summed E-state index contributed by atoms with van der Waals surface area (Å²) in [6, 6.07) is 0. The van der Waals surface area contributed by atoms with Crippen LogP contribution in [0.4, 0.5) is 0 Å². The van der Waals surface area contributed by atoms with Crippen molar-refractivity contribution in [1.29, 1.82) is 0 Å². The third-order valence-corrected chi connectivity index (χ3v) is 8.04. The van der Waals surface area contributed by atoms with E-state index in [1.165, 1.54) is 0 Å². The van der Waals surface area contributed by atoms with Gasteiger partial charge in [0.15, 0.2) is 0 Å². The number of hydrogen-bond donors (Lipinski definition) is 3. The summed E-state index contributed by atoms with van der Waals surface area (Å²) in [5.41, 5.74) is -1.22. The Morgan fingerprint density at radius 3 is 2.22 bits per heavy atom. The normalized spacial score (nSPS) is 56.7. The molecule has 1 saturated heterocycles. The molecule has 4 nitrogen and oxygen atoms in total. The molecule has 2 aliphatic carbocycles. The van der Waals surface area contributed by atoms with E-state index >= 15 is 0 Å². The van der Waals surface area contributed by atoms with E-state index in [0.717, 1.165) is 38.5 Å². The minimum Gasteiger partial charge on any atom is -0.396 e. The molecule has 1 heterocycles. The third kappa shape index (κ3) is 2.18. The van der Waals surface area contributed by atoms with E-state index in [2.05, 4.69) is 13.8 Å².